The summed E-state index contributed by atoms with van der Waals surface area (Å²) in [5, 5.41) is 8.38. The van der Waals surface area contributed by atoms with Gasteiger partial charge in [0.15, 0.2) is 0 Å². The molecule has 0 aromatic heterocycles. The van der Waals surface area contributed by atoms with Crippen LogP contribution in [0.2, 0.25) is 0 Å². The van der Waals surface area contributed by atoms with Crippen molar-refractivity contribution < 1.29 is 9.22 Å². The van der Waals surface area contributed by atoms with E-state index in [-0.39, 0.29) is 0 Å². The average molecular weight is 359 g/mol. The number of benzene rings is 4. The van der Waals surface area contributed by atoms with Crippen LogP contribution >= 0.6 is 0 Å². The van der Waals surface area contributed by atoms with Gasteiger partial charge in [0, 0.05) is 0 Å². The maximum atomic E-state index is 5.41. The predicted molar refractivity (Wildman–Crippen MR) is 115 cm³/mol. The van der Waals surface area contributed by atoms with E-state index in [1.165, 1.54) is 57.3 Å². The molecule has 1 unspecified atom stereocenters. The molecule has 1 saturated heterocycles. The van der Waals surface area contributed by atoms with Crippen molar-refractivity contribution in [1.82, 2.24) is 0 Å². The van der Waals surface area contributed by atoms with Gasteiger partial charge in [0.2, 0.25) is 0 Å². The first kappa shape index (κ1) is 17.0. The van der Waals surface area contributed by atoms with E-state index in [0.29, 0.717) is 6.10 Å². The van der Waals surface area contributed by atoms with Crippen molar-refractivity contribution in [3.8, 4) is 0 Å². The van der Waals surface area contributed by atoms with E-state index in [1.54, 1.807) is 0 Å². The van der Waals surface area contributed by atoms with Gasteiger partial charge in [-0.15, -0.1) is 0 Å². The highest BCUT2D eigenvalue weighted by atomic mass is 16.6. The third-order valence-electron chi connectivity index (χ3n) is 6.18. The molecule has 5 rings (SSSR count). The molecule has 1 atom stereocenters. The minimum atomic E-state index is 0.512. The van der Waals surface area contributed by atoms with Crippen molar-refractivity contribution in [1.29, 1.82) is 0 Å². The zero-order valence-electron chi connectivity index (χ0n) is 16.4. The Morgan fingerprint density at radius 2 is 1.52 bits per heavy atom. The van der Waals surface area contributed by atoms with Crippen LogP contribution in [0, 0.1) is 0 Å². The van der Waals surface area contributed by atoms with Gasteiger partial charge in [-0.2, -0.15) is 0 Å². The van der Waals surface area contributed by atoms with Crippen LogP contribution < -0.4 is 0 Å². The lowest BCUT2D eigenvalue weighted by molar-refractivity contribution is -0.891. The highest BCUT2D eigenvalue weighted by Gasteiger charge is 2.31. The first-order valence-corrected chi connectivity index (χ1v) is 10.2. The molecule has 4 aromatic carbocycles. The number of hydrogen-bond acceptors (Lipinski definition) is 1. The Labute approximate surface area is 161 Å². The normalized spacial score (nSPS) is 17.3. The van der Waals surface area contributed by atoms with Crippen LogP contribution in [-0.4, -0.2) is 44.4 Å². The number of hydrogen-bond donors (Lipinski definition) is 0. The van der Waals surface area contributed by atoms with E-state index in [0.717, 1.165) is 24.1 Å². The highest BCUT2D eigenvalue weighted by Crippen LogP contribution is 2.36. The molecule has 0 bridgehead atoms. The van der Waals surface area contributed by atoms with Crippen molar-refractivity contribution in [3.05, 3.63) is 60.2 Å². The molecule has 1 aliphatic heterocycles. The zero-order valence-corrected chi connectivity index (χ0v) is 16.4. The van der Waals surface area contributed by atoms with Gasteiger partial charge in [0.1, 0.15) is 12.6 Å². The number of epoxide rings is 1. The summed E-state index contributed by atoms with van der Waals surface area (Å²) in [6.45, 7) is 3.34. The largest absolute Gasteiger partial charge is 0.367 e. The summed E-state index contributed by atoms with van der Waals surface area (Å²) >= 11 is 0. The molecule has 1 heterocycles. The Morgan fingerprint density at radius 3 is 2.26 bits per heavy atom. The lowest BCUT2D eigenvalue weighted by atomic mass is 9.90. The number of quaternary nitrogens is 1. The minimum absolute atomic E-state index is 0.512. The van der Waals surface area contributed by atoms with Crippen LogP contribution in [0.5, 0.6) is 0 Å². The van der Waals surface area contributed by atoms with Crippen molar-refractivity contribution in [2.75, 3.05) is 33.8 Å². The Balaban J connectivity index is 1.38. The number of ether oxygens (including phenoxy) is 1. The van der Waals surface area contributed by atoms with E-state index < -0.39 is 0 Å². The van der Waals surface area contributed by atoms with Gasteiger partial charge in [-0.3, -0.25) is 0 Å². The van der Waals surface area contributed by atoms with Gasteiger partial charge < -0.3 is 9.22 Å². The molecule has 2 nitrogen and oxygen atoms in total. The molecule has 1 fully saturated rings. The fourth-order valence-electron chi connectivity index (χ4n) is 4.69. The van der Waals surface area contributed by atoms with Crippen LogP contribution in [0.1, 0.15) is 18.4 Å². The molecule has 0 saturated carbocycles. The second-order valence-electron chi connectivity index (χ2n) is 8.84. The summed E-state index contributed by atoms with van der Waals surface area (Å²) in [7, 11) is 4.66. The van der Waals surface area contributed by atoms with Gasteiger partial charge in [0.25, 0.3) is 0 Å². The van der Waals surface area contributed by atoms with E-state index in [4.69, 9.17) is 4.74 Å². The fourth-order valence-corrected chi connectivity index (χ4v) is 4.69. The third kappa shape index (κ3) is 3.28. The predicted octanol–water partition coefficient (Wildman–Crippen LogP) is 5.38. The van der Waals surface area contributed by atoms with Gasteiger partial charge in [-0.05, 0) is 57.1 Å². The van der Waals surface area contributed by atoms with E-state index in [1.807, 2.05) is 0 Å². The molecule has 27 heavy (non-hydrogen) atoms. The van der Waals surface area contributed by atoms with E-state index >= 15 is 0 Å². The second-order valence-corrected chi connectivity index (χ2v) is 8.84. The van der Waals surface area contributed by atoms with Crippen LogP contribution in [0.3, 0.4) is 0 Å². The highest BCUT2D eigenvalue weighted by molar-refractivity contribution is 6.23. The van der Waals surface area contributed by atoms with Crippen LogP contribution in [0.15, 0.2) is 54.6 Å². The Morgan fingerprint density at radius 1 is 0.852 bits per heavy atom. The molecule has 1 aliphatic rings. The first-order valence-electron chi connectivity index (χ1n) is 10.2. The fraction of sp³-hybridized carbons (Fsp3) is 0.360. The first-order chi connectivity index (χ1) is 13.1. The summed E-state index contributed by atoms with van der Waals surface area (Å²) in [6.07, 6.45) is 4.19. The quantitative estimate of drug-likeness (QED) is 0.187. The van der Waals surface area contributed by atoms with Crippen molar-refractivity contribution in [3.63, 3.8) is 0 Å². The number of likely N-dealkylation sites (N-methyl/N-ethyl adjacent to an activating group) is 1. The summed E-state index contributed by atoms with van der Waals surface area (Å²) in [5.74, 6) is 0. The molecule has 0 spiro atoms. The van der Waals surface area contributed by atoms with Crippen molar-refractivity contribution in [2.45, 2.75) is 25.4 Å². The molecular weight excluding hydrogens is 330 g/mol. The molecular formula is C25H28NO+. The molecule has 0 amide bonds. The molecule has 2 heteroatoms. The third-order valence-corrected chi connectivity index (χ3v) is 6.18. The maximum absolute atomic E-state index is 5.41. The molecule has 0 radical (unpaired) electrons. The van der Waals surface area contributed by atoms with E-state index in [9.17, 15) is 0 Å². The second kappa shape index (κ2) is 6.47. The Kier molecular flexibility index (Phi) is 4.07. The summed E-state index contributed by atoms with van der Waals surface area (Å²) in [5.41, 5.74) is 1.50. The minimum Gasteiger partial charge on any atom is -0.367 e. The molecule has 0 aliphatic carbocycles. The van der Waals surface area contributed by atoms with Gasteiger partial charge in [-0.1, -0.05) is 54.6 Å². The summed E-state index contributed by atoms with van der Waals surface area (Å²) in [4.78, 5) is 0. The lowest BCUT2D eigenvalue weighted by Crippen LogP contribution is -2.43. The summed E-state index contributed by atoms with van der Waals surface area (Å²) in [6, 6.07) is 20.5. The molecule has 0 N–H and O–H groups in total. The number of aryl methyl sites for hydroxylation is 1. The van der Waals surface area contributed by atoms with Gasteiger partial charge in [-0.25, -0.2) is 0 Å². The van der Waals surface area contributed by atoms with Gasteiger partial charge >= 0.3 is 0 Å². The number of unbranched alkanes of at least 4 members (excludes halogenated alkanes) is 1. The maximum Gasteiger partial charge on any atom is 0.130 e. The smallest absolute Gasteiger partial charge is 0.130 e. The summed E-state index contributed by atoms with van der Waals surface area (Å²) < 4.78 is 6.48. The van der Waals surface area contributed by atoms with Crippen molar-refractivity contribution in [2.24, 2.45) is 0 Å². The Hall–Kier alpha value is -2.16. The zero-order chi connectivity index (χ0) is 18.4. The SMILES string of the molecule is C[N+](C)(CCCCc1ccc2ccc3cccc4ccc1c2c34)CC1CO1. The number of nitrogens with zero attached hydrogens (tertiary/aromatic N) is 1. The van der Waals surface area contributed by atoms with Gasteiger partial charge in [0.05, 0.1) is 27.2 Å². The van der Waals surface area contributed by atoms with Crippen molar-refractivity contribution >= 4 is 32.3 Å². The van der Waals surface area contributed by atoms with Crippen LogP contribution in [-0.2, 0) is 11.2 Å². The monoisotopic (exact) mass is 358 g/mol. The van der Waals surface area contributed by atoms with Crippen LogP contribution in [0.25, 0.3) is 32.3 Å². The molecule has 138 valence electrons. The topological polar surface area (TPSA) is 12.5 Å². The lowest BCUT2D eigenvalue weighted by Gasteiger charge is -2.29. The standard InChI is InChI=1S/C25H28NO/c1-26(2,16-22-17-27-22)15-4-3-6-18-9-10-21-12-11-19-7-5-8-20-13-14-23(18)25(21)24(19)20/h5,7-14,22H,3-4,6,15-17H2,1-2H3/q+1. The average Bonchev–Trinajstić information content (AvgIpc) is 3.47. The van der Waals surface area contributed by atoms with E-state index in [2.05, 4.69) is 68.7 Å². The number of rotatable bonds is 7. The molecule has 4 aromatic rings. The van der Waals surface area contributed by atoms with Crippen LogP contribution in [0.4, 0.5) is 0 Å². The Bertz CT molecular complexity index is 1080.